The molecule has 0 bridgehead atoms. The monoisotopic (exact) mass is 347 g/mol. The minimum atomic E-state index is -0.179. The molecule has 110 valence electrons. The van der Waals surface area contributed by atoms with E-state index in [2.05, 4.69) is 21.2 Å². The normalized spacial score (nSPS) is 10.3. The number of nitrogens with one attached hydrogen (secondary N) is 1. The maximum absolute atomic E-state index is 12.5. The lowest BCUT2D eigenvalue weighted by atomic mass is 10.1. The quantitative estimate of drug-likeness (QED) is 0.833. The van der Waals surface area contributed by atoms with Crippen LogP contribution in [-0.2, 0) is 0 Å². The van der Waals surface area contributed by atoms with Gasteiger partial charge in [0, 0.05) is 35.6 Å². The number of halogens is 1. The highest BCUT2D eigenvalue weighted by atomic mass is 79.9. The number of amides is 1. The summed E-state index contributed by atoms with van der Waals surface area (Å²) >= 11 is 3.46. The Morgan fingerprint density at radius 3 is 2.52 bits per heavy atom. The fourth-order valence-corrected chi connectivity index (χ4v) is 2.37. The van der Waals surface area contributed by atoms with Crippen molar-refractivity contribution in [3.05, 3.63) is 52.0 Å². The Balaban J connectivity index is 2.31. The molecule has 0 unspecified atom stereocenters. The molecule has 2 rings (SSSR count). The topological polar surface area (TPSA) is 58.4 Å². The largest absolute Gasteiger partial charge is 0.399 e. The van der Waals surface area contributed by atoms with Crippen LogP contribution in [0.25, 0.3) is 0 Å². The molecule has 0 aliphatic rings. The number of nitrogens with zero attached hydrogens (tertiary/aromatic N) is 1. The number of carbonyl (C=O) groups is 1. The summed E-state index contributed by atoms with van der Waals surface area (Å²) < 4.78 is 0.959. The van der Waals surface area contributed by atoms with E-state index < -0.39 is 0 Å². The van der Waals surface area contributed by atoms with E-state index in [0.717, 1.165) is 21.4 Å². The molecule has 0 saturated carbocycles. The molecule has 5 heteroatoms. The summed E-state index contributed by atoms with van der Waals surface area (Å²) in [6.07, 6.45) is 0. The molecule has 0 aromatic heterocycles. The number of benzene rings is 2. The number of carbonyl (C=O) groups excluding carboxylic acids is 1. The smallest absolute Gasteiger partial charge is 0.257 e. The standard InChI is InChI=1S/C16H18BrN3O/c1-10-4-6-12(9-14(10)17)19-16(21)13-8-11(18)5-7-15(13)20(2)3/h4-9H,18H2,1-3H3,(H,19,21). The number of aryl methyl sites for hydroxylation is 1. The number of nitrogen functional groups attached to an aromatic ring is 1. The van der Waals surface area contributed by atoms with E-state index in [1.165, 1.54) is 0 Å². The number of hydrogen-bond donors (Lipinski definition) is 2. The van der Waals surface area contributed by atoms with Crippen molar-refractivity contribution in [1.82, 2.24) is 0 Å². The van der Waals surface area contributed by atoms with E-state index in [-0.39, 0.29) is 5.91 Å². The molecule has 2 aromatic rings. The van der Waals surface area contributed by atoms with Crippen LogP contribution in [0, 0.1) is 6.92 Å². The van der Waals surface area contributed by atoms with E-state index in [1.54, 1.807) is 12.1 Å². The van der Waals surface area contributed by atoms with E-state index in [0.29, 0.717) is 11.3 Å². The zero-order chi connectivity index (χ0) is 15.6. The fraction of sp³-hybridized carbons (Fsp3) is 0.188. The van der Waals surface area contributed by atoms with Crippen LogP contribution in [-0.4, -0.2) is 20.0 Å². The van der Waals surface area contributed by atoms with Gasteiger partial charge in [0.05, 0.1) is 5.56 Å². The third-order valence-corrected chi connectivity index (χ3v) is 4.03. The summed E-state index contributed by atoms with van der Waals surface area (Å²) in [5, 5.41) is 2.90. The Bertz CT molecular complexity index is 683. The number of hydrogen-bond acceptors (Lipinski definition) is 3. The summed E-state index contributed by atoms with van der Waals surface area (Å²) in [6, 6.07) is 11.0. The Hall–Kier alpha value is -2.01. The van der Waals surface area contributed by atoms with Gasteiger partial charge in [-0.3, -0.25) is 4.79 Å². The second-order valence-electron chi connectivity index (χ2n) is 5.09. The van der Waals surface area contributed by atoms with E-state index in [9.17, 15) is 4.79 Å². The molecule has 3 N–H and O–H groups in total. The molecule has 0 saturated heterocycles. The second kappa shape index (κ2) is 6.18. The zero-order valence-corrected chi connectivity index (χ0v) is 13.9. The van der Waals surface area contributed by atoms with Crippen LogP contribution in [0.4, 0.5) is 17.1 Å². The number of anilines is 3. The van der Waals surface area contributed by atoms with Crippen LogP contribution in [0.15, 0.2) is 40.9 Å². The predicted octanol–water partition coefficient (Wildman–Crippen LogP) is 3.66. The molecule has 2 aromatic carbocycles. The van der Waals surface area contributed by atoms with Gasteiger partial charge in [0.2, 0.25) is 0 Å². The van der Waals surface area contributed by atoms with Crippen molar-refractivity contribution in [2.45, 2.75) is 6.92 Å². The first-order valence-electron chi connectivity index (χ1n) is 6.53. The Morgan fingerprint density at radius 2 is 1.90 bits per heavy atom. The van der Waals surface area contributed by atoms with E-state index >= 15 is 0 Å². The van der Waals surface area contributed by atoms with Gasteiger partial charge in [-0.2, -0.15) is 0 Å². The minimum absolute atomic E-state index is 0.179. The molecule has 4 nitrogen and oxygen atoms in total. The van der Waals surface area contributed by atoms with Crippen LogP contribution in [0.3, 0.4) is 0 Å². The van der Waals surface area contributed by atoms with Crippen molar-refractivity contribution in [2.24, 2.45) is 0 Å². The lowest BCUT2D eigenvalue weighted by molar-refractivity contribution is 0.102. The van der Waals surface area contributed by atoms with Gasteiger partial charge in [-0.05, 0) is 42.8 Å². The Labute approximate surface area is 133 Å². The molecular formula is C16H18BrN3O. The first kappa shape index (κ1) is 15.4. The van der Waals surface area contributed by atoms with Crippen molar-refractivity contribution in [3.8, 4) is 0 Å². The minimum Gasteiger partial charge on any atom is -0.399 e. The van der Waals surface area contributed by atoms with Crippen molar-refractivity contribution < 1.29 is 4.79 Å². The van der Waals surface area contributed by atoms with E-state index in [1.807, 2.05) is 50.2 Å². The van der Waals surface area contributed by atoms with Gasteiger partial charge >= 0.3 is 0 Å². The maximum atomic E-state index is 12.5. The average molecular weight is 348 g/mol. The van der Waals surface area contributed by atoms with Gasteiger partial charge in [-0.1, -0.05) is 22.0 Å². The SMILES string of the molecule is Cc1ccc(NC(=O)c2cc(N)ccc2N(C)C)cc1Br. The van der Waals surface area contributed by atoms with Gasteiger partial charge in [0.15, 0.2) is 0 Å². The fourth-order valence-electron chi connectivity index (χ4n) is 1.99. The van der Waals surface area contributed by atoms with Crippen molar-refractivity contribution in [2.75, 3.05) is 30.0 Å². The molecule has 0 spiro atoms. The molecule has 0 radical (unpaired) electrons. The first-order valence-corrected chi connectivity index (χ1v) is 7.32. The summed E-state index contributed by atoms with van der Waals surface area (Å²) in [4.78, 5) is 14.4. The van der Waals surface area contributed by atoms with Gasteiger partial charge in [-0.25, -0.2) is 0 Å². The van der Waals surface area contributed by atoms with Crippen molar-refractivity contribution in [3.63, 3.8) is 0 Å². The van der Waals surface area contributed by atoms with Crippen LogP contribution in [0.2, 0.25) is 0 Å². The highest BCUT2D eigenvalue weighted by Crippen LogP contribution is 2.24. The molecule has 0 aliphatic carbocycles. The molecule has 21 heavy (non-hydrogen) atoms. The van der Waals surface area contributed by atoms with Crippen LogP contribution in [0.5, 0.6) is 0 Å². The van der Waals surface area contributed by atoms with Crippen LogP contribution >= 0.6 is 15.9 Å². The molecule has 0 atom stereocenters. The maximum Gasteiger partial charge on any atom is 0.257 e. The molecule has 0 heterocycles. The predicted molar refractivity (Wildman–Crippen MR) is 92.0 cm³/mol. The van der Waals surface area contributed by atoms with Gasteiger partial charge in [0.1, 0.15) is 0 Å². The lowest BCUT2D eigenvalue weighted by Crippen LogP contribution is -2.18. The third-order valence-electron chi connectivity index (χ3n) is 3.18. The van der Waals surface area contributed by atoms with Gasteiger partial charge < -0.3 is 16.0 Å². The van der Waals surface area contributed by atoms with Gasteiger partial charge in [0.25, 0.3) is 5.91 Å². The summed E-state index contributed by atoms with van der Waals surface area (Å²) in [5.74, 6) is -0.179. The highest BCUT2D eigenvalue weighted by molar-refractivity contribution is 9.10. The summed E-state index contributed by atoms with van der Waals surface area (Å²) in [7, 11) is 3.79. The second-order valence-corrected chi connectivity index (χ2v) is 5.94. The summed E-state index contributed by atoms with van der Waals surface area (Å²) in [5.41, 5.74) is 9.60. The molecule has 0 fully saturated rings. The average Bonchev–Trinajstić information content (AvgIpc) is 2.42. The van der Waals surface area contributed by atoms with Crippen molar-refractivity contribution in [1.29, 1.82) is 0 Å². The molecule has 0 aliphatic heterocycles. The van der Waals surface area contributed by atoms with E-state index in [4.69, 9.17) is 5.73 Å². The number of rotatable bonds is 3. The third kappa shape index (κ3) is 3.55. The molecular weight excluding hydrogens is 330 g/mol. The zero-order valence-electron chi connectivity index (χ0n) is 12.3. The van der Waals surface area contributed by atoms with Gasteiger partial charge in [-0.15, -0.1) is 0 Å². The van der Waals surface area contributed by atoms with Crippen LogP contribution in [0.1, 0.15) is 15.9 Å². The highest BCUT2D eigenvalue weighted by Gasteiger charge is 2.14. The Kier molecular flexibility index (Phi) is 4.53. The summed E-state index contributed by atoms with van der Waals surface area (Å²) in [6.45, 7) is 2.00. The van der Waals surface area contributed by atoms with Crippen LogP contribution < -0.4 is 16.0 Å². The number of nitrogens with two attached hydrogens (primary N) is 1. The Morgan fingerprint density at radius 1 is 1.19 bits per heavy atom. The van der Waals surface area contributed by atoms with Crippen molar-refractivity contribution >= 4 is 38.9 Å². The molecule has 1 amide bonds. The lowest BCUT2D eigenvalue weighted by Gasteiger charge is -2.17. The first-order chi connectivity index (χ1) is 9.88.